The van der Waals surface area contributed by atoms with E-state index in [0.29, 0.717) is 5.92 Å². The van der Waals surface area contributed by atoms with Crippen molar-refractivity contribution in [3.63, 3.8) is 0 Å². The van der Waals surface area contributed by atoms with E-state index in [4.69, 9.17) is 0 Å². The lowest BCUT2D eigenvalue weighted by Crippen LogP contribution is -2.24. The first-order chi connectivity index (χ1) is 13.4. The van der Waals surface area contributed by atoms with Crippen molar-refractivity contribution in [2.24, 2.45) is 0 Å². The molecule has 0 unspecified atom stereocenters. The molecule has 2 rings (SSSR count). The Morgan fingerprint density at radius 1 is 0.581 bits per heavy atom. The van der Waals surface area contributed by atoms with Gasteiger partial charge in [-0.3, -0.25) is 0 Å². The van der Waals surface area contributed by atoms with Gasteiger partial charge in [0.15, 0.2) is 0 Å². The highest BCUT2D eigenvalue weighted by atomic mass is 79.9. The van der Waals surface area contributed by atoms with Crippen molar-refractivity contribution in [1.82, 2.24) is 16.0 Å². The first-order valence-electron chi connectivity index (χ1n) is 10.6. The Morgan fingerprint density at radius 2 is 1.00 bits per heavy atom. The van der Waals surface area contributed by atoms with Crippen LogP contribution in [0.3, 0.4) is 0 Å². The van der Waals surface area contributed by atoms with Crippen molar-refractivity contribution in [2.75, 3.05) is 39.3 Å². The number of rotatable bonds is 15. The van der Waals surface area contributed by atoms with E-state index in [1.807, 2.05) is 0 Å². The quantitative estimate of drug-likeness (QED) is 0.197. The first-order valence-corrected chi connectivity index (χ1v) is 10.6. The zero-order chi connectivity index (χ0) is 19.0. The van der Waals surface area contributed by atoms with Crippen molar-refractivity contribution in [3.8, 4) is 0 Å². The van der Waals surface area contributed by atoms with Gasteiger partial charge in [-0.15, -0.1) is 50.9 Å². The highest BCUT2D eigenvalue weighted by molar-refractivity contribution is 8.93. The van der Waals surface area contributed by atoms with Gasteiger partial charge < -0.3 is 16.0 Å². The molecule has 0 aliphatic rings. The zero-order valence-electron chi connectivity index (χ0n) is 18.1. The molecule has 2 aromatic carbocycles. The maximum atomic E-state index is 3.62. The van der Waals surface area contributed by atoms with Crippen molar-refractivity contribution in [3.05, 3.63) is 71.8 Å². The standard InChI is InChI=1S/C24H37N3.CH4.3BrH/c1-2-25-17-9-10-18-26-19-11-20-27-21-16-24(22-12-5-3-6-13-22)23-14-7-4-8-15-23;;;;/h3-8,12-15,24-27H,2,9-11,16-21H2,1H3;1H4;3*1H. The van der Waals surface area contributed by atoms with Crippen LogP contribution in [0.2, 0.25) is 0 Å². The third kappa shape index (κ3) is 16.1. The minimum Gasteiger partial charge on any atom is -0.317 e. The second kappa shape index (κ2) is 24.4. The van der Waals surface area contributed by atoms with E-state index in [2.05, 4.69) is 83.5 Å². The van der Waals surface area contributed by atoms with Crippen molar-refractivity contribution < 1.29 is 0 Å². The van der Waals surface area contributed by atoms with Gasteiger partial charge in [-0.25, -0.2) is 0 Å². The molecule has 180 valence electrons. The molecule has 0 aliphatic carbocycles. The SMILES string of the molecule is Br.Br.Br.C.CCNCCCCNCCCNCCC(c1ccccc1)c1ccccc1. The van der Waals surface area contributed by atoms with Crippen molar-refractivity contribution >= 4 is 50.9 Å². The molecule has 3 N–H and O–H groups in total. The van der Waals surface area contributed by atoms with Gasteiger partial charge in [-0.2, -0.15) is 0 Å². The summed E-state index contributed by atoms with van der Waals surface area (Å²) in [5, 5.41) is 10.5. The van der Waals surface area contributed by atoms with Crippen LogP contribution < -0.4 is 16.0 Å². The van der Waals surface area contributed by atoms with Crippen molar-refractivity contribution in [2.45, 2.75) is 46.0 Å². The largest absolute Gasteiger partial charge is 0.317 e. The molecule has 31 heavy (non-hydrogen) atoms. The van der Waals surface area contributed by atoms with E-state index < -0.39 is 0 Å². The summed E-state index contributed by atoms with van der Waals surface area (Å²) in [5.41, 5.74) is 2.81. The number of unbranched alkanes of at least 4 members (excludes halogenated alkanes) is 1. The van der Waals surface area contributed by atoms with Crippen LogP contribution in [0.1, 0.15) is 57.1 Å². The number of hydrogen-bond donors (Lipinski definition) is 3. The number of hydrogen-bond acceptors (Lipinski definition) is 3. The summed E-state index contributed by atoms with van der Waals surface area (Å²) in [5.74, 6) is 0.467. The van der Waals surface area contributed by atoms with Gasteiger partial charge in [0.1, 0.15) is 0 Å². The number of halogens is 3. The lowest BCUT2D eigenvalue weighted by atomic mass is 9.88. The first kappa shape index (κ1) is 35.4. The fourth-order valence-corrected chi connectivity index (χ4v) is 3.41. The molecule has 0 saturated carbocycles. The molecule has 0 bridgehead atoms. The van der Waals surface area contributed by atoms with Gasteiger partial charge in [0, 0.05) is 5.92 Å². The Balaban J connectivity index is -0.00000196. The molecule has 0 radical (unpaired) electrons. The molecular weight excluding hydrogens is 582 g/mol. The molecule has 0 fully saturated rings. The number of nitrogens with one attached hydrogen (secondary N) is 3. The Labute approximate surface area is 222 Å². The summed E-state index contributed by atoms with van der Waals surface area (Å²) in [4.78, 5) is 0. The minimum absolute atomic E-state index is 0. The summed E-state index contributed by atoms with van der Waals surface area (Å²) in [6, 6.07) is 21.7. The predicted octanol–water partition coefficient (Wildman–Crippen LogP) is 6.54. The molecule has 0 amide bonds. The summed E-state index contributed by atoms with van der Waals surface area (Å²) < 4.78 is 0. The molecule has 0 aliphatic heterocycles. The highest BCUT2D eigenvalue weighted by Crippen LogP contribution is 2.27. The van der Waals surface area contributed by atoms with Crippen LogP contribution in [0.25, 0.3) is 0 Å². The smallest absolute Gasteiger partial charge is 0.0101 e. The molecule has 3 nitrogen and oxygen atoms in total. The second-order valence-electron chi connectivity index (χ2n) is 7.08. The van der Waals surface area contributed by atoms with Crippen LogP contribution in [0, 0.1) is 0 Å². The maximum absolute atomic E-state index is 3.62. The lowest BCUT2D eigenvalue weighted by molar-refractivity contribution is 0.551. The molecular formula is C25H44Br3N3. The van der Waals surface area contributed by atoms with Gasteiger partial charge in [0.05, 0.1) is 0 Å². The van der Waals surface area contributed by atoms with Crippen LogP contribution in [0.4, 0.5) is 0 Å². The molecule has 2 aromatic rings. The summed E-state index contributed by atoms with van der Waals surface area (Å²) in [7, 11) is 0. The second-order valence-corrected chi connectivity index (χ2v) is 7.08. The summed E-state index contributed by atoms with van der Waals surface area (Å²) in [6.45, 7) is 8.76. The minimum atomic E-state index is 0. The molecule has 6 heteroatoms. The fraction of sp³-hybridized carbons (Fsp3) is 0.520. The lowest BCUT2D eigenvalue weighted by Gasteiger charge is -2.18. The fourth-order valence-electron chi connectivity index (χ4n) is 3.41. The molecule has 0 atom stereocenters. The average molecular weight is 626 g/mol. The van der Waals surface area contributed by atoms with Crippen LogP contribution in [0.15, 0.2) is 60.7 Å². The Kier molecular flexibility index (Phi) is 27.8. The zero-order valence-corrected chi connectivity index (χ0v) is 23.3. The van der Waals surface area contributed by atoms with Crippen LogP contribution >= 0.6 is 50.9 Å². The van der Waals surface area contributed by atoms with E-state index in [0.717, 1.165) is 45.7 Å². The summed E-state index contributed by atoms with van der Waals surface area (Å²) in [6.07, 6.45) is 4.84. The van der Waals surface area contributed by atoms with Gasteiger partial charge in [0.25, 0.3) is 0 Å². The third-order valence-electron chi connectivity index (χ3n) is 4.93. The van der Waals surface area contributed by atoms with Crippen molar-refractivity contribution in [1.29, 1.82) is 0 Å². The Morgan fingerprint density at radius 3 is 1.48 bits per heavy atom. The molecule has 0 spiro atoms. The van der Waals surface area contributed by atoms with E-state index in [9.17, 15) is 0 Å². The molecule has 0 heterocycles. The maximum Gasteiger partial charge on any atom is 0.0101 e. The Hall–Kier alpha value is -0.240. The topological polar surface area (TPSA) is 36.1 Å². The van der Waals surface area contributed by atoms with Crippen LogP contribution in [-0.2, 0) is 0 Å². The molecule has 0 saturated heterocycles. The van der Waals surface area contributed by atoms with Crippen LogP contribution in [-0.4, -0.2) is 39.3 Å². The van der Waals surface area contributed by atoms with Crippen LogP contribution in [0.5, 0.6) is 0 Å². The van der Waals surface area contributed by atoms with E-state index in [-0.39, 0.29) is 58.4 Å². The van der Waals surface area contributed by atoms with Gasteiger partial charge in [-0.05, 0) is 76.1 Å². The van der Waals surface area contributed by atoms with Gasteiger partial charge >= 0.3 is 0 Å². The third-order valence-corrected chi connectivity index (χ3v) is 4.93. The summed E-state index contributed by atoms with van der Waals surface area (Å²) >= 11 is 0. The van der Waals surface area contributed by atoms with E-state index in [1.165, 1.54) is 30.4 Å². The normalized spacial score (nSPS) is 9.74. The van der Waals surface area contributed by atoms with E-state index >= 15 is 0 Å². The Bertz CT molecular complexity index is 546. The predicted molar refractivity (Wildman–Crippen MR) is 155 cm³/mol. The monoisotopic (exact) mass is 623 g/mol. The molecule has 0 aromatic heterocycles. The van der Waals surface area contributed by atoms with E-state index in [1.54, 1.807) is 0 Å². The number of benzene rings is 2. The average Bonchev–Trinajstić information content (AvgIpc) is 2.73. The highest BCUT2D eigenvalue weighted by Gasteiger charge is 2.12. The van der Waals surface area contributed by atoms with Gasteiger partial charge in [0.2, 0.25) is 0 Å². The van der Waals surface area contributed by atoms with Gasteiger partial charge in [-0.1, -0.05) is 75.0 Å².